The molecule has 196 valence electrons. The normalized spacial score (nSPS) is 19.0. The quantitative estimate of drug-likeness (QED) is 0.481. The Morgan fingerprint density at radius 3 is 2.54 bits per heavy atom. The van der Waals surface area contributed by atoms with E-state index in [-0.39, 0.29) is 30.3 Å². The van der Waals surface area contributed by atoms with Crippen LogP contribution in [0, 0.1) is 5.92 Å². The van der Waals surface area contributed by atoms with Gasteiger partial charge in [-0.05, 0) is 44.4 Å². The molecule has 5 N–H and O–H groups in total. The van der Waals surface area contributed by atoms with E-state index in [0.29, 0.717) is 56.9 Å². The Morgan fingerprint density at radius 2 is 1.89 bits per heavy atom. The number of fused-ring (bicyclic) bond motifs is 1. The van der Waals surface area contributed by atoms with Crippen LogP contribution in [0.5, 0.6) is 0 Å². The summed E-state index contributed by atoms with van der Waals surface area (Å²) in [6.07, 6.45) is 4.87. The first-order chi connectivity index (χ1) is 16.6. The van der Waals surface area contributed by atoms with Crippen LogP contribution in [0.1, 0.15) is 74.6 Å². The molecule has 0 saturated carbocycles. The van der Waals surface area contributed by atoms with Gasteiger partial charge in [-0.15, -0.1) is 0 Å². The fourth-order valence-corrected chi connectivity index (χ4v) is 4.33. The predicted molar refractivity (Wildman–Crippen MR) is 131 cm³/mol. The van der Waals surface area contributed by atoms with Crippen molar-refractivity contribution in [2.24, 2.45) is 11.7 Å². The molecule has 3 amide bonds. The number of nitrogens with one attached hydrogen (secondary N) is 2. The zero-order valence-electron chi connectivity index (χ0n) is 21.1. The summed E-state index contributed by atoms with van der Waals surface area (Å²) in [6, 6.07) is 0.00111. The van der Waals surface area contributed by atoms with E-state index in [1.165, 1.54) is 0 Å². The summed E-state index contributed by atoms with van der Waals surface area (Å²) in [6.45, 7) is 7.63. The molecule has 11 nitrogen and oxygen atoms in total. The van der Waals surface area contributed by atoms with E-state index in [1.807, 2.05) is 4.68 Å². The molecule has 0 spiro atoms. The molecule has 2 bridgehead atoms. The molecule has 0 saturated heterocycles. The first-order valence-electron chi connectivity index (χ1n) is 12.5. The van der Waals surface area contributed by atoms with Crippen molar-refractivity contribution in [3.05, 3.63) is 17.0 Å². The van der Waals surface area contributed by atoms with Crippen LogP contribution in [-0.4, -0.2) is 75.7 Å². The van der Waals surface area contributed by atoms with Crippen LogP contribution < -0.4 is 16.4 Å². The number of carbonyl (C=O) groups is 4. The predicted octanol–water partition coefficient (Wildman–Crippen LogP) is 0.695. The number of aliphatic carboxylic acids is 1. The van der Waals surface area contributed by atoms with Gasteiger partial charge < -0.3 is 26.4 Å². The van der Waals surface area contributed by atoms with Crippen LogP contribution in [0.2, 0.25) is 0 Å². The second kappa shape index (κ2) is 13.8. The Kier molecular flexibility index (Phi) is 11.2. The Bertz CT molecular complexity index is 893. The minimum absolute atomic E-state index is 0.00111. The van der Waals surface area contributed by atoms with Crippen LogP contribution in [0.3, 0.4) is 0 Å². The van der Waals surface area contributed by atoms with Crippen LogP contribution in [0.25, 0.3) is 0 Å². The smallest absolute Gasteiger partial charge is 0.300 e. The molecule has 1 atom stereocenters. The van der Waals surface area contributed by atoms with Gasteiger partial charge >= 0.3 is 0 Å². The molecule has 2 aliphatic rings. The van der Waals surface area contributed by atoms with Crippen molar-refractivity contribution in [1.29, 1.82) is 0 Å². The topological polar surface area (TPSA) is 160 Å². The number of rotatable bonds is 4. The monoisotopic (exact) mass is 492 g/mol. The first-order valence-corrected chi connectivity index (χ1v) is 12.5. The third kappa shape index (κ3) is 8.97. The fraction of sp³-hybridized carbons (Fsp3) is 0.708. The van der Waals surface area contributed by atoms with E-state index in [2.05, 4.69) is 29.6 Å². The van der Waals surface area contributed by atoms with Gasteiger partial charge in [0, 0.05) is 56.8 Å². The Balaban J connectivity index is 0.00000100. The number of aromatic nitrogens is 2. The van der Waals surface area contributed by atoms with Crippen molar-refractivity contribution in [3.8, 4) is 0 Å². The average molecular weight is 493 g/mol. The van der Waals surface area contributed by atoms with Crippen molar-refractivity contribution in [1.82, 2.24) is 25.3 Å². The van der Waals surface area contributed by atoms with Gasteiger partial charge in [-0.3, -0.25) is 23.9 Å². The number of carboxylic acid groups (broad SMARTS) is 1. The van der Waals surface area contributed by atoms with E-state index in [1.54, 1.807) is 4.90 Å². The lowest BCUT2D eigenvalue weighted by Crippen LogP contribution is -2.40. The standard InChI is InChI=1S/C22H36N6O3.C2H4O2/c1-15(2)8-12-28-18-7-6-16-13-17(18)21(26-28)22(31)24-9-4-11-27(20(30)14-23)10-3-5-19(29)25-16;1-2(3)4/h15-16H,3-14,23H2,1-2H3,(H,24,31)(H,25,29);1H3,(H,3,4). The number of hydrogen-bond donors (Lipinski definition) is 4. The first kappa shape index (κ1) is 28.3. The summed E-state index contributed by atoms with van der Waals surface area (Å²) in [5.41, 5.74) is 8.09. The average Bonchev–Trinajstić information content (AvgIpc) is 3.15. The lowest BCUT2D eigenvalue weighted by molar-refractivity contribution is -0.134. The summed E-state index contributed by atoms with van der Waals surface area (Å²) in [4.78, 5) is 48.2. The van der Waals surface area contributed by atoms with Crippen molar-refractivity contribution >= 4 is 23.7 Å². The summed E-state index contributed by atoms with van der Waals surface area (Å²) < 4.78 is 1.99. The molecule has 0 aromatic carbocycles. The van der Waals surface area contributed by atoms with Gasteiger partial charge in [-0.1, -0.05) is 13.8 Å². The number of amides is 3. The minimum atomic E-state index is -0.833. The van der Waals surface area contributed by atoms with E-state index in [0.717, 1.165) is 44.0 Å². The maximum Gasteiger partial charge on any atom is 0.300 e. The van der Waals surface area contributed by atoms with Crippen LogP contribution in [-0.2, 0) is 33.8 Å². The molecular weight excluding hydrogens is 452 g/mol. The lowest BCUT2D eigenvalue weighted by atomic mass is 9.91. The van der Waals surface area contributed by atoms with Crippen LogP contribution in [0.15, 0.2) is 0 Å². The third-order valence-corrected chi connectivity index (χ3v) is 6.09. The molecule has 1 aromatic heterocycles. The van der Waals surface area contributed by atoms with E-state index >= 15 is 0 Å². The number of carbonyl (C=O) groups excluding carboxylic acids is 3. The summed E-state index contributed by atoms with van der Waals surface area (Å²) >= 11 is 0. The SMILES string of the molecule is CC(=O)O.CC(C)CCn1nc2c3c1CCC(C3)NC(=O)CCCN(C(=O)CN)CCCNC2=O. The third-order valence-electron chi connectivity index (χ3n) is 6.09. The maximum absolute atomic E-state index is 12.9. The number of hydrogen-bond acceptors (Lipinski definition) is 6. The molecule has 1 aliphatic carbocycles. The molecule has 2 heterocycles. The van der Waals surface area contributed by atoms with E-state index in [4.69, 9.17) is 15.6 Å². The summed E-state index contributed by atoms with van der Waals surface area (Å²) in [5, 5.41) is 18.2. The highest BCUT2D eigenvalue weighted by Gasteiger charge is 2.30. The highest BCUT2D eigenvalue weighted by Crippen LogP contribution is 2.26. The molecule has 1 unspecified atom stereocenters. The van der Waals surface area contributed by atoms with Gasteiger partial charge in [0.2, 0.25) is 11.8 Å². The molecule has 35 heavy (non-hydrogen) atoms. The Morgan fingerprint density at radius 1 is 1.20 bits per heavy atom. The number of nitrogens with zero attached hydrogens (tertiary/aromatic N) is 3. The van der Waals surface area contributed by atoms with E-state index in [9.17, 15) is 14.4 Å². The zero-order chi connectivity index (χ0) is 26.0. The maximum atomic E-state index is 12.9. The Labute approximate surface area is 206 Å². The van der Waals surface area contributed by atoms with Gasteiger partial charge in [0.05, 0.1) is 6.54 Å². The van der Waals surface area contributed by atoms with Crippen molar-refractivity contribution in [3.63, 3.8) is 0 Å². The molecule has 3 rings (SSSR count). The number of aryl methyl sites for hydroxylation is 1. The minimum Gasteiger partial charge on any atom is -0.481 e. The van der Waals surface area contributed by atoms with Crippen molar-refractivity contribution in [2.75, 3.05) is 26.2 Å². The Hall–Kier alpha value is -2.95. The van der Waals surface area contributed by atoms with Crippen LogP contribution in [0.4, 0.5) is 0 Å². The summed E-state index contributed by atoms with van der Waals surface area (Å²) in [7, 11) is 0. The fourth-order valence-electron chi connectivity index (χ4n) is 4.33. The van der Waals surface area contributed by atoms with Gasteiger partial charge in [0.15, 0.2) is 5.69 Å². The van der Waals surface area contributed by atoms with Crippen molar-refractivity contribution in [2.45, 2.75) is 78.3 Å². The number of carboxylic acids is 1. The second-order valence-electron chi connectivity index (χ2n) is 9.50. The molecular formula is C24H40N6O5. The molecule has 0 fully saturated rings. The zero-order valence-corrected chi connectivity index (χ0v) is 21.1. The van der Waals surface area contributed by atoms with E-state index < -0.39 is 5.97 Å². The second-order valence-corrected chi connectivity index (χ2v) is 9.50. The van der Waals surface area contributed by atoms with Gasteiger partial charge in [0.1, 0.15) is 0 Å². The largest absolute Gasteiger partial charge is 0.481 e. The van der Waals surface area contributed by atoms with Crippen molar-refractivity contribution < 1.29 is 24.3 Å². The lowest BCUT2D eigenvalue weighted by Gasteiger charge is -2.25. The summed E-state index contributed by atoms with van der Waals surface area (Å²) in [5.74, 6) is -0.611. The number of nitrogens with two attached hydrogens (primary N) is 1. The van der Waals surface area contributed by atoms with Gasteiger partial charge in [-0.25, -0.2) is 0 Å². The molecule has 1 aliphatic heterocycles. The van der Waals surface area contributed by atoms with Crippen LogP contribution >= 0.6 is 0 Å². The molecule has 1 aromatic rings. The molecule has 0 radical (unpaired) electrons. The highest BCUT2D eigenvalue weighted by molar-refractivity contribution is 5.94. The molecule has 11 heteroatoms. The highest BCUT2D eigenvalue weighted by atomic mass is 16.4. The van der Waals surface area contributed by atoms with Gasteiger partial charge in [0.25, 0.3) is 11.9 Å². The van der Waals surface area contributed by atoms with Gasteiger partial charge in [-0.2, -0.15) is 5.10 Å².